The molecule has 0 aliphatic carbocycles. The van der Waals surface area contributed by atoms with E-state index in [9.17, 15) is 0 Å². The van der Waals surface area contributed by atoms with Crippen LogP contribution in [0.15, 0.2) is 23.3 Å². The number of benzene rings is 1. The number of anilines is 1. The van der Waals surface area contributed by atoms with Crippen molar-refractivity contribution in [2.45, 2.75) is 26.2 Å². The van der Waals surface area contributed by atoms with Crippen molar-refractivity contribution in [3.8, 4) is 0 Å². The summed E-state index contributed by atoms with van der Waals surface area (Å²) in [5.41, 5.74) is 11.5. The first-order chi connectivity index (χ1) is 7.81. The Morgan fingerprint density at radius 3 is 2.69 bits per heavy atom. The van der Waals surface area contributed by atoms with Crippen LogP contribution in [0, 0.1) is 6.92 Å². The topological polar surface area (TPSA) is 52.0 Å². The molecule has 0 saturated carbocycles. The van der Waals surface area contributed by atoms with E-state index in [2.05, 4.69) is 27.1 Å². The second-order valence-corrected chi connectivity index (χ2v) is 4.23. The molecule has 1 fully saturated rings. The van der Waals surface area contributed by atoms with Gasteiger partial charge in [-0.25, -0.2) is 0 Å². The molecule has 0 bridgehead atoms. The maximum absolute atomic E-state index is 8.57. The third-order valence-electron chi connectivity index (χ3n) is 2.98. The number of rotatable bonds is 2. The van der Waals surface area contributed by atoms with Crippen molar-refractivity contribution in [2.75, 3.05) is 18.0 Å². The summed E-state index contributed by atoms with van der Waals surface area (Å²) >= 11 is 0. The highest BCUT2D eigenvalue weighted by Gasteiger charge is 2.13. The van der Waals surface area contributed by atoms with Gasteiger partial charge in [-0.1, -0.05) is 16.7 Å². The highest BCUT2D eigenvalue weighted by Crippen LogP contribution is 2.31. The van der Waals surface area contributed by atoms with Gasteiger partial charge in [-0.3, -0.25) is 0 Å². The van der Waals surface area contributed by atoms with Gasteiger partial charge in [0, 0.05) is 23.7 Å². The molecule has 0 atom stereocenters. The van der Waals surface area contributed by atoms with E-state index in [-0.39, 0.29) is 0 Å². The van der Waals surface area contributed by atoms with Gasteiger partial charge < -0.3 is 4.90 Å². The largest absolute Gasteiger partial charge is 0.371 e. The number of hydrogen-bond donors (Lipinski definition) is 0. The van der Waals surface area contributed by atoms with E-state index < -0.39 is 0 Å². The fourth-order valence-corrected chi connectivity index (χ4v) is 2.16. The Kier molecular flexibility index (Phi) is 3.32. The van der Waals surface area contributed by atoms with Crippen LogP contribution in [-0.2, 0) is 0 Å². The monoisotopic (exact) mass is 216 g/mol. The molecule has 4 nitrogen and oxygen atoms in total. The van der Waals surface area contributed by atoms with E-state index in [1.165, 1.54) is 19.3 Å². The van der Waals surface area contributed by atoms with E-state index in [1.54, 1.807) is 0 Å². The van der Waals surface area contributed by atoms with Crippen molar-refractivity contribution in [2.24, 2.45) is 5.11 Å². The molecular formula is C12H16N4. The lowest BCUT2D eigenvalue weighted by Gasteiger charge is -2.30. The Morgan fingerprint density at radius 2 is 2.00 bits per heavy atom. The summed E-state index contributed by atoms with van der Waals surface area (Å²) in [6.45, 7) is 4.14. The molecule has 1 aliphatic heterocycles. The predicted molar refractivity (Wildman–Crippen MR) is 66.0 cm³/mol. The molecule has 0 amide bonds. The van der Waals surface area contributed by atoms with Gasteiger partial charge in [-0.2, -0.15) is 0 Å². The quantitative estimate of drug-likeness (QED) is 0.420. The summed E-state index contributed by atoms with van der Waals surface area (Å²) in [5.74, 6) is 0. The average Bonchev–Trinajstić information content (AvgIpc) is 2.31. The van der Waals surface area contributed by atoms with Crippen LogP contribution in [0.3, 0.4) is 0 Å². The van der Waals surface area contributed by atoms with Crippen molar-refractivity contribution >= 4 is 11.4 Å². The first-order valence-electron chi connectivity index (χ1n) is 5.72. The Bertz CT molecular complexity index is 415. The molecule has 0 spiro atoms. The molecule has 0 unspecified atom stereocenters. The van der Waals surface area contributed by atoms with Gasteiger partial charge in [-0.05, 0) is 43.9 Å². The van der Waals surface area contributed by atoms with Crippen molar-refractivity contribution in [1.82, 2.24) is 0 Å². The van der Waals surface area contributed by atoms with E-state index >= 15 is 0 Å². The molecule has 1 saturated heterocycles. The number of piperidine rings is 1. The molecule has 1 aromatic carbocycles. The minimum atomic E-state index is 0.754. The molecular weight excluding hydrogens is 200 g/mol. The molecule has 0 N–H and O–H groups in total. The fraction of sp³-hybridized carbons (Fsp3) is 0.500. The Hall–Kier alpha value is -1.67. The van der Waals surface area contributed by atoms with Crippen molar-refractivity contribution in [3.63, 3.8) is 0 Å². The Labute approximate surface area is 95.5 Å². The van der Waals surface area contributed by atoms with Gasteiger partial charge in [0.05, 0.1) is 5.69 Å². The van der Waals surface area contributed by atoms with Gasteiger partial charge in [-0.15, -0.1) is 0 Å². The average molecular weight is 216 g/mol. The van der Waals surface area contributed by atoms with Crippen LogP contribution in [-0.4, -0.2) is 13.1 Å². The lowest BCUT2D eigenvalue weighted by atomic mass is 10.1. The molecule has 0 radical (unpaired) electrons. The molecule has 1 aromatic rings. The maximum atomic E-state index is 8.57. The maximum Gasteiger partial charge on any atom is 0.0611 e. The zero-order valence-corrected chi connectivity index (χ0v) is 9.56. The summed E-state index contributed by atoms with van der Waals surface area (Å²) < 4.78 is 0. The van der Waals surface area contributed by atoms with Crippen molar-refractivity contribution in [1.29, 1.82) is 0 Å². The summed E-state index contributed by atoms with van der Waals surface area (Å²) in [7, 11) is 0. The molecule has 2 rings (SSSR count). The number of aryl methyl sites for hydroxylation is 1. The van der Waals surface area contributed by atoms with Crippen molar-refractivity contribution < 1.29 is 0 Å². The van der Waals surface area contributed by atoms with Crippen LogP contribution in [0.5, 0.6) is 0 Å². The first kappa shape index (κ1) is 10.8. The predicted octanol–water partition coefficient (Wildman–Crippen LogP) is 3.93. The van der Waals surface area contributed by atoms with E-state index in [0.29, 0.717) is 0 Å². The summed E-state index contributed by atoms with van der Waals surface area (Å²) in [4.78, 5) is 5.21. The van der Waals surface area contributed by atoms with Crippen LogP contribution in [0.4, 0.5) is 11.4 Å². The normalized spacial score (nSPS) is 15.7. The standard InChI is InChI=1S/C12H16N4/c1-10-5-6-12(11(9-10)14-15-13)16-7-3-2-4-8-16/h5-6,9H,2-4,7-8H2,1H3. The second kappa shape index (κ2) is 4.90. The lowest BCUT2D eigenvalue weighted by Crippen LogP contribution is -2.29. The third kappa shape index (κ3) is 2.28. The number of nitrogens with zero attached hydrogens (tertiary/aromatic N) is 4. The van der Waals surface area contributed by atoms with Gasteiger partial charge in [0.2, 0.25) is 0 Å². The number of hydrogen-bond acceptors (Lipinski definition) is 2. The van der Waals surface area contributed by atoms with Gasteiger partial charge in [0.25, 0.3) is 0 Å². The zero-order valence-electron chi connectivity index (χ0n) is 9.56. The van der Waals surface area contributed by atoms with E-state index in [1.807, 2.05) is 13.0 Å². The molecule has 0 aromatic heterocycles. The summed E-state index contributed by atoms with van der Waals surface area (Å²) in [6, 6.07) is 6.08. The van der Waals surface area contributed by atoms with Gasteiger partial charge in [0.1, 0.15) is 0 Å². The van der Waals surface area contributed by atoms with E-state index in [4.69, 9.17) is 5.53 Å². The Morgan fingerprint density at radius 1 is 1.25 bits per heavy atom. The van der Waals surface area contributed by atoms with E-state index in [0.717, 1.165) is 30.0 Å². The zero-order chi connectivity index (χ0) is 11.4. The van der Waals surface area contributed by atoms with Crippen LogP contribution in [0.25, 0.3) is 10.4 Å². The summed E-state index contributed by atoms with van der Waals surface area (Å²) in [6.07, 6.45) is 3.76. The molecule has 16 heavy (non-hydrogen) atoms. The number of azide groups is 1. The molecule has 84 valence electrons. The smallest absolute Gasteiger partial charge is 0.0611 e. The highest BCUT2D eigenvalue weighted by atomic mass is 15.2. The Balaban J connectivity index is 2.34. The van der Waals surface area contributed by atoms with Gasteiger partial charge in [0.15, 0.2) is 0 Å². The summed E-state index contributed by atoms with van der Waals surface area (Å²) in [5, 5.41) is 3.78. The van der Waals surface area contributed by atoms with Crippen LogP contribution >= 0.6 is 0 Å². The molecule has 4 heteroatoms. The second-order valence-electron chi connectivity index (χ2n) is 4.23. The fourth-order valence-electron chi connectivity index (χ4n) is 2.16. The highest BCUT2D eigenvalue weighted by molar-refractivity contribution is 5.67. The molecule has 1 heterocycles. The SMILES string of the molecule is Cc1ccc(N2CCCCC2)c(N=[N+]=[N-])c1. The first-order valence-corrected chi connectivity index (χ1v) is 5.72. The van der Waals surface area contributed by atoms with Crippen LogP contribution < -0.4 is 4.90 Å². The molecule has 1 aliphatic rings. The van der Waals surface area contributed by atoms with Gasteiger partial charge >= 0.3 is 0 Å². The lowest BCUT2D eigenvalue weighted by molar-refractivity contribution is 0.578. The van der Waals surface area contributed by atoms with Crippen molar-refractivity contribution in [3.05, 3.63) is 34.2 Å². The minimum absolute atomic E-state index is 0.754. The minimum Gasteiger partial charge on any atom is -0.371 e. The third-order valence-corrected chi connectivity index (χ3v) is 2.98. The van der Waals surface area contributed by atoms with Crippen LogP contribution in [0.1, 0.15) is 24.8 Å². The van der Waals surface area contributed by atoms with Crippen LogP contribution in [0.2, 0.25) is 0 Å².